The minimum Gasteiger partial charge on any atom is -0.478 e. The van der Waals surface area contributed by atoms with E-state index in [0.29, 0.717) is 0 Å². The van der Waals surface area contributed by atoms with Gasteiger partial charge in [0.25, 0.3) is 0 Å². The molecule has 0 aromatic carbocycles. The van der Waals surface area contributed by atoms with E-state index in [2.05, 4.69) is 25.8 Å². The average Bonchev–Trinajstić information content (AvgIpc) is 3.07. The van der Waals surface area contributed by atoms with Crippen LogP contribution >= 0.6 is 0 Å². The Morgan fingerprint density at radius 1 is 0.567 bits per heavy atom. The Hall–Kier alpha value is -0.530. The third kappa shape index (κ3) is 17.2. The molecule has 0 saturated carbocycles. The maximum absolute atomic E-state index is 5.66. The van der Waals surface area contributed by atoms with Gasteiger partial charge in [0.1, 0.15) is 6.61 Å². The summed E-state index contributed by atoms with van der Waals surface area (Å²) < 4.78 is 5.66. The molecule has 0 N–H and O–H groups in total. The van der Waals surface area contributed by atoms with Crippen molar-refractivity contribution in [3.63, 3.8) is 0 Å². The van der Waals surface area contributed by atoms with E-state index in [1.807, 2.05) is 0 Å². The molecule has 2 nitrogen and oxygen atoms in total. The first-order valence-electron chi connectivity index (χ1n) is 13.9. The van der Waals surface area contributed by atoms with Crippen LogP contribution in [0.5, 0.6) is 0 Å². The summed E-state index contributed by atoms with van der Waals surface area (Å²) in [6, 6.07) is 0. The van der Waals surface area contributed by atoms with Crippen LogP contribution in [0, 0.1) is 0 Å². The van der Waals surface area contributed by atoms with Crippen LogP contribution in [-0.2, 0) is 4.74 Å². The summed E-state index contributed by atoms with van der Waals surface area (Å²) in [4.78, 5) is 4.64. The van der Waals surface area contributed by atoms with Gasteiger partial charge in [0.15, 0.2) is 5.90 Å². The first kappa shape index (κ1) is 27.5. The molecule has 0 bridgehead atoms. The van der Waals surface area contributed by atoms with Crippen molar-refractivity contribution in [1.82, 2.24) is 0 Å². The molecule has 30 heavy (non-hydrogen) atoms. The molecule has 0 radical (unpaired) electrons. The first-order chi connectivity index (χ1) is 14.6. The summed E-state index contributed by atoms with van der Waals surface area (Å²) in [7, 11) is 0. The predicted molar refractivity (Wildman–Crippen MR) is 135 cm³/mol. The number of hydrogen-bond acceptors (Lipinski definition) is 2. The highest BCUT2D eigenvalue weighted by Crippen LogP contribution is 2.20. The number of unbranched alkanes of at least 4 members (excludes halogenated alkanes) is 20. The maximum Gasteiger partial charge on any atom is 0.183 e. The second-order valence-electron chi connectivity index (χ2n) is 10.4. The van der Waals surface area contributed by atoms with Crippen LogP contribution in [0.1, 0.15) is 162 Å². The van der Waals surface area contributed by atoms with E-state index in [9.17, 15) is 0 Å². The molecule has 0 aliphatic carbocycles. The van der Waals surface area contributed by atoms with E-state index in [1.165, 1.54) is 135 Å². The van der Waals surface area contributed by atoms with Crippen molar-refractivity contribution in [2.45, 2.75) is 168 Å². The van der Waals surface area contributed by atoms with Gasteiger partial charge in [-0.1, -0.05) is 135 Å². The molecule has 0 amide bonds. The lowest BCUT2D eigenvalue weighted by atomic mass is 10.0. The number of ether oxygens (including phenoxy) is 1. The topological polar surface area (TPSA) is 21.6 Å². The zero-order valence-electron chi connectivity index (χ0n) is 21.1. The van der Waals surface area contributed by atoms with Gasteiger partial charge in [0.05, 0.1) is 5.54 Å². The monoisotopic (exact) mass is 421 g/mol. The van der Waals surface area contributed by atoms with E-state index >= 15 is 0 Å². The molecule has 0 spiro atoms. The number of nitrogens with zero attached hydrogens (tertiary/aromatic N) is 1. The summed E-state index contributed by atoms with van der Waals surface area (Å²) in [5, 5.41) is 0. The van der Waals surface area contributed by atoms with Crippen LogP contribution in [0.2, 0.25) is 0 Å². The smallest absolute Gasteiger partial charge is 0.183 e. The van der Waals surface area contributed by atoms with Crippen LogP contribution in [0.4, 0.5) is 0 Å². The molecule has 2 heteroatoms. The van der Waals surface area contributed by atoms with Crippen LogP contribution in [0.25, 0.3) is 0 Å². The lowest BCUT2D eigenvalue weighted by molar-refractivity contribution is 0.273. The molecule has 0 atom stereocenters. The third-order valence-corrected chi connectivity index (χ3v) is 6.51. The van der Waals surface area contributed by atoms with Crippen molar-refractivity contribution < 1.29 is 4.74 Å². The fourth-order valence-electron chi connectivity index (χ4n) is 4.50. The van der Waals surface area contributed by atoms with E-state index in [4.69, 9.17) is 4.74 Å². The molecule has 178 valence electrons. The lowest BCUT2D eigenvalue weighted by Gasteiger charge is -2.07. The van der Waals surface area contributed by atoms with E-state index in [0.717, 1.165) is 18.9 Å². The molecule has 1 aliphatic rings. The zero-order valence-corrected chi connectivity index (χ0v) is 21.1. The molecule has 1 aliphatic heterocycles. The highest BCUT2D eigenvalue weighted by Gasteiger charge is 2.25. The Kier molecular flexibility index (Phi) is 17.6. The summed E-state index contributed by atoms with van der Waals surface area (Å²) in [6.07, 6.45) is 31.2. The standard InChI is InChI=1S/C28H55NO/c1-4-5-6-7-8-9-10-11-12-13-14-15-16-17-18-19-20-21-22-23-24-25-27-29-28(2,3)26-30-27/h4-26H2,1-3H3. The molecule has 1 rings (SSSR count). The normalized spacial score (nSPS) is 15.4. The van der Waals surface area contributed by atoms with Gasteiger partial charge in [-0.25, -0.2) is 4.99 Å². The number of hydrogen-bond donors (Lipinski definition) is 0. The van der Waals surface area contributed by atoms with Crippen molar-refractivity contribution >= 4 is 5.90 Å². The Labute approximate surface area is 190 Å². The van der Waals surface area contributed by atoms with Crippen LogP contribution in [0.15, 0.2) is 4.99 Å². The Balaban J connectivity index is 1.68. The van der Waals surface area contributed by atoms with Gasteiger partial charge in [0, 0.05) is 6.42 Å². The molecular formula is C28H55NO. The average molecular weight is 422 g/mol. The third-order valence-electron chi connectivity index (χ3n) is 6.51. The highest BCUT2D eigenvalue weighted by atomic mass is 16.5. The zero-order chi connectivity index (χ0) is 21.8. The SMILES string of the molecule is CCCCCCCCCCCCCCCCCCCCCCCC1=NC(C)(C)CO1. The molecule has 0 unspecified atom stereocenters. The Morgan fingerprint density at radius 2 is 0.900 bits per heavy atom. The predicted octanol–water partition coefficient (Wildman–Crippen LogP) is 9.80. The summed E-state index contributed by atoms with van der Waals surface area (Å²) in [6.45, 7) is 7.37. The van der Waals surface area contributed by atoms with Crippen molar-refractivity contribution in [2.75, 3.05) is 6.61 Å². The fraction of sp³-hybridized carbons (Fsp3) is 0.964. The van der Waals surface area contributed by atoms with Crippen LogP contribution in [-0.4, -0.2) is 18.0 Å². The van der Waals surface area contributed by atoms with Gasteiger partial charge in [-0.3, -0.25) is 0 Å². The molecule has 0 aromatic heterocycles. The van der Waals surface area contributed by atoms with Gasteiger partial charge in [-0.15, -0.1) is 0 Å². The van der Waals surface area contributed by atoms with E-state index in [-0.39, 0.29) is 5.54 Å². The van der Waals surface area contributed by atoms with Gasteiger partial charge in [-0.2, -0.15) is 0 Å². The fourth-order valence-corrected chi connectivity index (χ4v) is 4.50. The Morgan fingerprint density at radius 3 is 1.20 bits per heavy atom. The Bertz CT molecular complexity index is 401. The summed E-state index contributed by atoms with van der Waals surface area (Å²) >= 11 is 0. The van der Waals surface area contributed by atoms with Crippen molar-refractivity contribution in [3.05, 3.63) is 0 Å². The molecule has 0 saturated heterocycles. The highest BCUT2D eigenvalue weighted by molar-refractivity contribution is 5.78. The number of aliphatic imine (C=N–C) groups is 1. The van der Waals surface area contributed by atoms with Crippen molar-refractivity contribution in [2.24, 2.45) is 4.99 Å². The molecule has 0 aromatic rings. The lowest BCUT2D eigenvalue weighted by Crippen LogP contribution is -2.17. The number of rotatable bonds is 22. The minimum atomic E-state index is 0.0164. The quantitative estimate of drug-likeness (QED) is 0.159. The van der Waals surface area contributed by atoms with Crippen LogP contribution in [0.3, 0.4) is 0 Å². The summed E-state index contributed by atoms with van der Waals surface area (Å²) in [5.41, 5.74) is 0.0164. The van der Waals surface area contributed by atoms with Gasteiger partial charge in [-0.05, 0) is 20.3 Å². The van der Waals surface area contributed by atoms with Crippen molar-refractivity contribution in [1.29, 1.82) is 0 Å². The minimum absolute atomic E-state index is 0.0164. The van der Waals surface area contributed by atoms with Crippen molar-refractivity contribution in [3.8, 4) is 0 Å². The first-order valence-corrected chi connectivity index (χ1v) is 13.9. The second kappa shape index (κ2) is 19.2. The van der Waals surface area contributed by atoms with E-state index < -0.39 is 0 Å². The molecule has 0 fully saturated rings. The van der Waals surface area contributed by atoms with Gasteiger partial charge >= 0.3 is 0 Å². The largest absolute Gasteiger partial charge is 0.478 e. The van der Waals surface area contributed by atoms with Crippen LogP contribution < -0.4 is 0 Å². The maximum atomic E-state index is 5.66. The van der Waals surface area contributed by atoms with E-state index in [1.54, 1.807) is 0 Å². The molecule has 1 heterocycles. The molecular weight excluding hydrogens is 366 g/mol. The van der Waals surface area contributed by atoms with Gasteiger partial charge < -0.3 is 4.74 Å². The van der Waals surface area contributed by atoms with Gasteiger partial charge in [0.2, 0.25) is 0 Å². The summed E-state index contributed by atoms with van der Waals surface area (Å²) in [5.74, 6) is 0.998. The second-order valence-corrected chi connectivity index (χ2v) is 10.4.